The van der Waals surface area contributed by atoms with Gasteiger partial charge in [-0.15, -0.1) is 0 Å². The SMILES string of the molecule is CNC(=O)c1ccc(C[NH+](C)[C@H](C)C(=O)N2C[C@H](C)C[C@H](C)C2)cc1. The largest absolute Gasteiger partial charge is 0.355 e. The molecule has 0 aliphatic carbocycles. The number of rotatable bonds is 5. The first-order chi connectivity index (χ1) is 11.8. The van der Waals surface area contributed by atoms with E-state index in [9.17, 15) is 9.59 Å². The van der Waals surface area contributed by atoms with E-state index in [2.05, 4.69) is 26.2 Å². The number of hydrogen-bond acceptors (Lipinski definition) is 2. The van der Waals surface area contributed by atoms with Crippen LogP contribution in [0, 0.1) is 11.8 Å². The predicted octanol–water partition coefficient (Wildman–Crippen LogP) is 0.954. The molecule has 5 nitrogen and oxygen atoms in total. The van der Waals surface area contributed by atoms with Crippen molar-refractivity contribution < 1.29 is 14.5 Å². The minimum Gasteiger partial charge on any atom is -0.355 e. The smallest absolute Gasteiger partial charge is 0.280 e. The highest BCUT2D eigenvalue weighted by molar-refractivity contribution is 5.93. The molecule has 0 bridgehead atoms. The maximum atomic E-state index is 12.9. The van der Waals surface area contributed by atoms with E-state index in [4.69, 9.17) is 0 Å². The molecular formula is C20H32N3O2+. The molecular weight excluding hydrogens is 314 g/mol. The van der Waals surface area contributed by atoms with Gasteiger partial charge < -0.3 is 15.1 Å². The zero-order valence-electron chi connectivity index (χ0n) is 16.1. The molecule has 2 rings (SSSR count). The van der Waals surface area contributed by atoms with Gasteiger partial charge in [0.05, 0.1) is 7.05 Å². The number of amides is 2. The first kappa shape index (κ1) is 19.4. The van der Waals surface area contributed by atoms with Gasteiger partial charge in [-0.3, -0.25) is 9.59 Å². The van der Waals surface area contributed by atoms with E-state index in [1.165, 1.54) is 11.3 Å². The number of nitrogens with zero attached hydrogens (tertiary/aromatic N) is 1. The summed E-state index contributed by atoms with van der Waals surface area (Å²) in [6.07, 6.45) is 1.21. The fraction of sp³-hybridized carbons (Fsp3) is 0.600. The van der Waals surface area contributed by atoms with Crippen molar-refractivity contribution in [2.75, 3.05) is 27.2 Å². The van der Waals surface area contributed by atoms with E-state index in [0.717, 1.165) is 25.2 Å². The number of hydrogen-bond donors (Lipinski definition) is 2. The average Bonchev–Trinajstić information content (AvgIpc) is 2.59. The van der Waals surface area contributed by atoms with Crippen molar-refractivity contribution >= 4 is 11.8 Å². The highest BCUT2D eigenvalue weighted by atomic mass is 16.2. The van der Waals surface area contributed by atoms with Crippen LogP contribution in [-0.4, -0.2) is 49.9 Å². The van der Waals surface area contributed by atoms with Gasteiger partial charge in [-0.1, -0.05) is 26.0 Å². The van der Waals surface area contributed by atoms with Gasteiger partial charge in [-0.25, -0.2) is 0 Å². The monoisotopic (exact) mass is 346 g/mol. The molecule has 0 aromatic heterocycles. The minimum atomic E-state index is -0.0795. The van der Waals surface area contributed by atoms with Crippen LogP contribution in [0.25, 0.3) is 0 Å². The van der Waals surface area contributed by atoms with Crippen molar-refractivity contribution in [2.45, 2.75) is 39.8 Å². The van der Waals surface area contributed by atoms with Gasteiger partial charge in [0, 0.05) is 31.3 Å². The lowest BCUT2D eigenvalue weighted by Gasteiger charge is -2.37. The topological polar surface area (TPSA) is 53.9 Å². The molecule has 2 amide bonds. The molecule has 4 atom stereocenters. The van der Waals surface area contributed by atoms with Crippen LogP contribution in [0.1, 0.15) is 43.1 Å². The molecule has 0 saturated carbocycles. The number of carbonyl (C=O) groups is 2. The summed E-state index contributed by atoms with van der Waals surface area (Å²) in [5.41, 5.74) is 1.79. The van der Waals surface area contributed by atoms with Crippen LogP contribution in [0.15, 0.2) is 24.3 Å². The summed E-state index contributed by atoms with van der Waals surface area (Å²) < 4.78 is 0. The van der Waals surface area contributed by atoms with Gasteiger partial charge in [0.15, 0.2) is 6.04 Å². The van der Waals surface area contributed by atoms with Crippen molar-refractivity contribution in [3.05, 3.63) is 35.4 Å². The summed E-state index contributed by atoms with van der Waals surface area (Å²) in [5, 5.41) is 2.62. The molecule has 5 heteroatoms. The van der Waals surface area contributed by atoms with Crippen LogP contribution in [-0.2, 0) is 11.3 Å². The maximum absolute atomic E-state index is 12.9. The Balaban J connectivity index is 1.96. The standard InChI is InChI=1S/C20H31N3O2/c1-14-10-15(2)12-23(11-14)20(25)16(3)22(5)13-17-6-8-18(9-7-17)19(24)21-4/h6-9,14-16H,10-13H2,1-5H3,(H,21,24)/p+1/t14-,15+,16-/m1/s1. The van der Waals surface area contributed by atoms with E-state index in [1.54, 1.807) is 7.05 Å². The van der Waals surface area contributed by atoms with E-state index in [1.807, 2.05) is 36.1 Å². The third-order valence-electron chi connectivity index (χ3n) is 5.22. The summed E-state index contributed by atoms with van der Waals surface area (Å²) in [6.45, 7) is 8.99. The summed E-state index contributed by atoms with van der Waals surface area (Å²) in [6, 6.07) is 7.53. The normalized spacial score (nSPS) is 23.0. The Hall–Kier alpha value is -1.88. The quantitative estimate of drug-likeness (QED) is 0.834. The van der Waals surface area contributed by atoms with Gasteiger partial charge in [0.1, 0.15) is 6.54 Å². The summed E-state index contributed by atoms with van der Waals surface area (Å²) >= 11 is 0. The van der Waals surface area contributed by atoms with E-state index >= 15 is 0 Å². The van der Waals surface area contributed by atoms with Crippen LogP contribution in [0.3, 0.4) is 0 Å². The number of carbonyl (C=O) groups excluding carboxylic acids is 2. The molecule has 1 aromatic carbocycles. The summed E-state index contributed by atoms with van der Waals surface area (Å²) in [7, 11) is 3.69. The molecule has 1 aliphatic rings. The average molecular weight is 346 g/mol. The second-order valence-corrected chi connectivity index (χ2v) is 7.71. The number of likely N-dealkylation sites (N-methyl/N-ethyl adjacent to an activating group) is 1. The molecule has 25 heavy (non-hydrogen) atoms. The minimum absolute atomic E-state index is 0.0730. The van der Waals surface area contributed by atoms with Gasteiger partial charge in [-0.05, 0) is 37.3 Å². The van der Waals surface area contributed by atoms with E-state index < -0.39 is 0 Å². The Labute approximate surface area is 151 Å². The fourth-order valence-electron chi connectivity index (χ4n) is 3.72. The molecule has 1 heterocycles. The number of piperidine rings is 1. The van der Waals surface area contributed by atoms with Crippen LogP contribution in [0.2, 0.25) is 0 Å². The zero-order chi connectivity index (χ0) is 18.6. The van der Waals surface area contributed by atoms with Crippen molar-refractivity contribution in [2.24, 2.45) is 11.8 Å². The molecule has 0 radical (unpaired) electrons. The molecule has 0 spiro atoms. The highest BCUT2D eigenvalue weighted by Crippen LogP contribution is 2.21. The Morgan fingerprint density at radius 2 is 1.76 bits per heavy atom. The lowest BCUT2D eigenvalue weighted by Crippen LogP contribution is -3.12. The zero-order valence-corrected chi connectivity index (χ0v) is 16.1. The first-order valence-corrected chi connectivity index (χ1v) is 9.24. The second kappa shape index (κ2) is 8.48. The lowest BCUT2D eigenvalue weighted by molar-refractivity contribution is -0.908. The van der Waals surface area contributed by atoms with Crippen LogP contribution < -0.4 is 10.2 Å². The van der Waals surface area contributed by atoms with Crippen molar-refractivity contribution in [1.29, 1.82) is 0 Å². The Morgan fingerprint density at radius 1 is 1.20 bits per heavy atom. The second-order valence-electron chi connectivity index (χ2n) is 7.71. The Morgan fingerprint density at radius 3 is 2.28 bits per heavy atom. The Kier molecular flexibility index (Phi) is 6.59. The van der Waals surface area contributed by atoms with Crippen LogP contribution in [0.5, 0.6) is 0 Å². The van der Waals surface area contributed by atoms with Gasteiger partial charge in [0.2, 0.25) is 0 Å². The van der Waals surface area contributed by atoms with E-state index in [-0.39, 0.29) is 17.9 Å². The molecule has 2 N–H and O–H groups in total. The number of nitrogens with one attached hydrogen (secondary N) is 2. The van der Waals surface area contributed by atoms with Gasteiger partial charge in [-0.2, -0.15) is 0 Å². The first-order valence-electron chi connectivity index (χ1n) is 9.24. The van der Waals surface area contributed by atoms with Crippen molar-refractivity contribution in [3.8, 4) is 0 Å². The lowest BCUT2D eigenvalue weighted by atomic mass is 9.91. The highest BCUT2D eigenvalue weighted by Gasteiger charge is 2.31. The third-order valence-corrected chi connectivity index (χ3v) is 5.22. The third kappa shape index (κ3) is 5.05. The number of likely N-dealkylation sites (tertiary alicyclic amines) is 1. The molecule has 1 fully saturated rings. The maximum Gasteiger partial charge on any atom is 0.280 e. The predicted molar refractivity (Wildman–Crippen MR) is 99.4 cm³/mol. The summed E-state index contributed by atoms with van der Waals surface area (Å²) in [5.74, 6) is 1.33. The van der Waals surface area contributed by atoms with Crippen LogP contribution in [0.4, 0.5) is 0 Å². The van der Waals surface area contributed by atoms with Crippen molar-refractivity contribution in [1.82, 2.24) is 10.2 Å². The molecule has 1 aliphatic heterocycles. The Bertz CT molecular complexity index is 589. The molecule has 1 saturated heterocycles. The van der Waals surface area contributed by atoms with Crippen molar-refractivity contribution in [3.63, 3.8) is 0 Å². The fourth-order valence-corrected chi connectivity index (χ4v) is 3.72. The number of quaternary nitrogens is 1. The molecule has 1 unspecified atom stereocenters. The summed E-state index contributed by atoms with van der Waals surface area (Å²) in [4.78, 5) is 27.7. The molecule has 138 valence electrons. The van der Waals surface area contributed by atoms with E-state index in [0.29, 0.717) is 17.4 Å². The van der Waals surface area contributed by atoms with Crippen LogP contribution >= 0.6 is 0 Å². The van der Waals surface area contributed by atoms with Gasteiger partial charge in [0.25, 0.3) is 11.8 Å². The molecule has 1 aromatic rings. The van der Waals surface area contributed by atoms with Gasteiger partial charge >= 0.3 is 0 Å². The number of benzene rings is 1.